The van der Waals surface area contributed by atoms with E-state index in [1.165, 1.54) is 20.2 Å². The number of rotatable bonds is 4. The predicted molar refractivity (Wildman–Crippen MR) is 199 cm³/mol. The number of aromatic nitrogens is 3. The number of para-hydroxylation sites is 1. The van der Waals surface area contributed by atoms with E-state index >= 15 is 0 Å². The fraction of sp³-hybridized carbons (Fsp3) is 0. The van der Waals surface area contributed by atoms with Crippen LogP contribution < -0.4 is 0 Å². The van der Waals surface area contributed by atoms with Crippen molar-refractivity contribution in [2.75, 3.05) is 0 Å². The Bertz CT molecular complexity index is 3130. The van der Waals surface area contributed by atoms with E-state index in [9.17, 15) is 0 Å². The lowest BCUT2D eigenvalue weighted by Crippen LogP contribution is -2.00. The zero-order valence-electron chi connectivity index (χ0n) is 30.2. The van der Waals surface area contributed by atoms with Gasteiger partial charge in [0.25, 0.3) is 0 Å². The molecule has 3 heterocycles. The molecule has 0 saturated carbocycles. The highest BCUT2D eigenvalue weighted by Gasteiger charge is 2.18. The van der Waals surface area contributed by atoms with Crippen molar-refractivity contribution in [3.05, 3.63) is 152 Å². The second-order valence-corrected chi connectivity index (χ2v) is 12.7. The molecule has 0 saturated heterocycles. The molecule has 0 unspecified atom stereocenters. The number of thiophene rings is 1. The van der Waals surface area contributed by atoms with Crippen molar-refractivity contribution in [1.82, 2.24) is 15.0 Å². The molecular weight excluding hydrogens is 607 g/mol. The number of hydrogen-bond donors (Lipinski definition) is 0. The third-order valence-electron chi connectivity index (χ3n) is 8.86. The molecule has 0 aliphatic rings. The van der Waals surface area contributed by atoms with Gasteiger partial charge in [-0.3, -0.25) is 0 Å². The Kier molecular flexibility index (Phi) is 4.98. The molecule has 0 radical (unpaired) electrons. The molecule has 5 heteroatoms. The Morgan fingerprint density at radius 1 is 0.458 bits per heavy atom. The molecule has 10 aromatic rings. The van der Waals surface area contributed by atoms with Crippen LogP contribution in [0.3, 0.4) is 0 Å². The quantitative estimate of drug-likeness (QED) is 0.193. The molecule has 0 fully saturated rings. The summed E-state index contributed by atoms with van der Waals surface area (Å²) in [7, 11) is 0. The van der Waals surface area contributed by atoms with Gasteiger partial charge in [-0.05, 0) is 46.7 Å². The number of fused-ring (bicyclic) bond motifs is 7. The topological polar surface area (TPSA) is 51.8 Å². The van der Waals surface area contributed by atoms with Crippen LogP contribution in [0.4, 0.5) is 0 Å². The number of hydrogen-bond acceptors (Lipinski definition) is 5. The summed E-state index contributed by atoms with van der Waals surface area (Å²) in [5.41, 5.74) is 4.86. The monoisotopic (exact) mass is 636 g/mol. The van der Waals surface area contributed by atoms with Gasteiger partial charge in [-0.25, -0.2) is 15.0 Å². The first-order valence-electron chi connectivity index (χ1n) is 18.0. The Morgan fingerprint density at radius 3 is 1.96 bits per heavy atom. The summed E-state index contributed by atoms with van der Waals surface area (Å²) < 4.78 is 51.1. The highest BCUT2D eigenvalue weighted by molar-refractivity contribution is 7.26. The Morgan fingerprint density at radius 2 is 1.10 bits per heavy atom. The lowest BCUT2D eigenvalue weighted by Gasteiger charge is -2.13. The summed E-state index contributed by atoms with van der Waals surface area (Å²) in [6.07, 6.45) is 0. The highest BCUT2D eigenvalue weighted by atomic mass is 32.1. The maximum Gasteiger partial charge on any atom is 0.164 e. The van der Waals surface area contributed by atoms with Gasteiger partial charge in [0.05, 0.1) is 6.85 Å². The van der Waals surface area contributed by atoms with Gasteiger partial charge in [-0.1, -0.05) is 121 Å². The molecule has 0 spiro atoms. The van der Waals surface area contributed by atoms with Crippen LogP contribution in [0.15, 0.2) is 156 Å². The van der Waals surface area contributed by atoms with Crippen molar-refractivity contribution in [2.24, 2.45) is 0 Å². The molecule has 3 aromatic heterocycles. The Labute approximate surface area is 286 Å². The summed E-state index contributed by atoms with van der Waals surface area (Å²) in [5, 5.41) is 6.28. The van der Waals surface area contributed by atoms with Crippen LogP contribution in [-0.4, -0.2) is 15.0 Å². The zero-order valence-corrected chi connectivity index (χ0v) is 26.0. The van der Waals surface area contributed by atoms with Gasteiger partial charge in [0.1, 0.15) is 11.2 Å². The van der Waals surface area contributed by atoms with E-state index in [1.807, 2.05) is 66.7 Å². The molecule has 48 heavy (non-hydrogen) atoms. The van der Waals surface area contributed by atoms with Crippen molar-refractivity contribution in [3.63, 3.8) is 0 Å². The van der Waals surface area contributed by atoms with Gasteiger partial charge < -0.3 is 4.42 Å². The Hall–Kier alpha value is -6.17. The minimum absolute atomic E-state index is 0.0186. The highest BCUT2D eigenvalue weighted by Crippen LogP contribution is 2.43. The van der Waals surface area contributed by atoms with Gasteiger partial charge in [-0.15, -0.1) is 11.3 Å². The number of nitrogens with zero attached hydrogens (tertiary/aromatic N) is 3. The van der Waals surface area contributed by atoms with Gasteiger partial charge in [-0.2, -0.15) is 0 Å². The van der Waals surface area contributed by atoms with Crippen molar-refractivity contribution in [1.29, 1.82) is 0 Å². The Balaban J connectivity index is 1.22. The first-order valence-corrected chi connectivity index (χ1v) is 16.3. The standard InChI is InChI=1S/C43H25N3OS/c1-2-11-26(12-3-1)41-44-42(27-21-22-32-31-15-6-8-19-37(31)47-38(32)25-27)46-43(45-41)36-24-23-30(28-13-4-5-14-29(28)36)34-17-10-18-35-33-16-7-9-20-39(33)48-40(34)35/h1-25H/i1D,2D,3D,11D,12D. The van der Waals surface area contributed by atoms with E-state index in [2.05, 4.69) is 54.6 Å². The van der Waals surface area contributed by atoms with Crippen molar-refractivity contribution in [3.8, 4) is 45.3 Å². The second-order valence-electron chi connectivity index (χ2n) is 11.6. The fourth-order valence-corrected chi connectivity index (χ4v) is 7.88. The SMILES string of the molecule is [2H]c1c([2H])c([2H])c(-c2nc(-c3ccc4c(c3)oc3ccccc34)nc(-c3ccc(-c4cccc5c4sc4ccccc45)c4ccccc34)n2)c([2H])c1[2H]. The van der Waals surface area contributed by atoms with Crippen molar-refractivity contribution >= 4 is 64.2 Å². The molecule has 0 amide bonds. The number of benzene rings is 7. The molecule has 10 rings (SSSR count). The van der Waals surface area contributed by atoms with Gasteiger partial charge in [0.15, 0.2) is 17.5 Å². The summed E-state index contributed by atoms with van der Waals surface area (Å²) >= 11 is 1.78. The van der Waals surface area contributed by atoms with Gasteiger partial charge >= 0.3 is 0 Å². The van der Waals surface area contributed by atoms with E-state index in [4.69, 9.17) is 26.2 Å². The maximum absolute atomic E-state index is 8.77. The molecule has 7 aromatic carbocycles. The largest absolute Gasteiger partial charge is 0.456 e. The normalized spacial score (nSPS) is 13.2. The lowest BCUT2D eigenvalue weighted by molar-refractivity contribution is 0.669. The third-order valence-corrected chi connectivity index (χ3v) is 10.1. The average molecular weight is 637 g/mol. The molecular formula is C43H25N3OS. The molecule has 4 nitrogen and oxygen atoms in total. The minimum atomic E-state index is -0.483. The molecule has 0 atom stereocenters. The molecule has 0 aliphatic carbocycles. The summed E-state index contributed by atoms with van der Waals surface area (Å²) in [6.45, 7) is 0. The van der Waals surface area contributed by atoms with Crippen molar-refractivity contribution in [2.45, 2.75) is 0 Å². The lowest BCUT2D eigenvalue weighted by atomic mass is 9.94. The maximum atomic E-state index is 8.77. The number of furan rings is 1. The van der Waals surface area contributed by atoms with E-state index in [-0.39, 0.29) is 29.3 Å². The minimum Gasteiger partial charge on any atom is -0.456 e. The van der Waals surface area contributed by atoms with E-state index in [1.54, 1.807) is 11.3 Å². The van der Waals surface area contributed by atoms with Crippen LogP contribution in [0, 0.1) is 0 Å². The van der Waals surface area contributed by atoms with E-state index in [0.717, 1.165) is 43.8 Å². The fourth-order valence-electron chi connectivity index (χ4n) is 6.65. The van der Waals surface area contributed by atoms with E-state index < -0.39 is 18.1 Å². The van der Waals surface area contributed by atoms with Crippen LogP contribution in [0.25, 0.3) is 98.2 Å². The van der Waals surface area contributed by atoms with Crippen LogP contribution in [0.1, 0.15) is 6.85 Å². The second kappa shape index (κ2) is 10.7. The first kappa shape index (κ1) is 22.4. The molecule has 0 N–H and O–H groups in total. The average Bonchev–Trinajstić information content (AvgIpc) is 3.77. The summed E-state index contributed by atoms with van der Waals surface area (Å²) in [6, 6.07) is 38.5. The third kappa shape index (κ3) is 4.25. The van der Waals surface area contributed by atoms with Gasteiger partial charge in [0, 0.05) is 53.2 Å². The summed E-state index contributed by atoms with van der Waals surface area (Å²) in [5.74, 6) is 0.571. The first-order chi connectivity index (χ1) is 25.9. The molecule has 224 valence electrons. The summed E-state index contributed by atoms with van der Waals surface area (Å²) in [4.78, 5) is 14.6. The van der Waals surface area contributed by atoms with Crippen LogP contribution >= 0.6 is 11.3 Å². The van der Waals surface area contributed by atoms with Crippen LogP contribution in [0.5, 0.6) is 0 Å². The smallest absolute Gasteiger partial charge is 0.164 e. The molecule has 0 aliphatic heterocycles. The van der Waals surface area contributed by atoms with Crippen molar-refractivity contribution < 1.29 is 11.3 Å². The van der Waals surface area contributed by atoms with Crippen LogP contribution in [0.2, 0.25) is 0 Å². The van der Waals surface area contributed by atoms with Crippen LogP contribution in [-0.2, 0) is 0 Å². The predicted octanol–water partition coefficient (Wildman–Crippen LogP) is 12.0. The zero-order chi connectivity index (χ0) is 36.0. The van der Waals surface area contributed by atoms with Gasteiger partial charge in [0.2, 0.25) is 0 Å². The van der Waals surface area contributed by atoms with E-state index in [0.29, 0.717) is 17.0 Å². The molecule has 0 bridgehead atoms.